The molecule has 130 valence electrons. The molecule has 4 nitrogen and oxygen atoms in total. The third-order valence-corrected chi connectivity index (χ3v) is 4.96. The zero-order chi connectivity index (χ0) is 17.3. The normalized spacial score (nSPS) is 16.6. The molecule has 0 radical (unpaired) electrons. The van der Waals surface area contributed by atoms with E-state index in [-0.39, 0.29) is 6.67 Å². The van der Waals surface area contributed by atoms with Crippen molar-refractivity contribution in [3.63, 3.8) is 0 Å². The lowest BCUT2D eigenvalue weighted by Crippen LogP contribution is -2.47. The Hall–Kier alpha value is -1.51. The van der Waals surface area contributed by atoms with E-state index in [1.54, 1.807) is 6.07 Å². The Morgan fingerprint density at radius 1 is 1.17 bits per heavy atom. The second kappa shape index (κ2) is 6.78. The smallest absolute Gasteiger partial charge is 0.369 e. The van der Waals surface area contributed by atoms with E-state index in [9.17, 15) is 18.0 Å². The van der Waals surface area contributed by atoms with Crippen molar-refractivity contribution in [3.8, 4) is 0 Å². The Kier molecular flexibility index (Phi) is 4.89. The van der Waals surface area contributed by atoms with Crippen LogP contribution in [0.1, 0.15) is 5.69 Å². The fourth-order valence-electron chi connectivity index (χ4n) is 2.71. The Labute approximate surface area is 145 Å². The number of hydrogen-bond acceptors (Lipinski definition) is 4. The number of halogens is 4. The van der Waals surface area contributed by atoms with Crippen LogP contribution in [0.5, 0.6) is 0 Å². The van der Waals surface area contributed by atoms with Gasteiger partial charge in [-0.3, -0.25) is 14.3 Å². The Morgan fingerprint density at radius 3 is 2.50 bits per heavy atom. The van der Waals surface area contributed by atoms with Crippen LogP contribution in [0.15, 0.2) is 34.4 Å². The molecule has 24 heavy (non-hydrogen) atoms. The molecule has 1 aromatic heterocycles. The first-order chi connectivity index (χ1) is 11.3. The second-order valence-electron chi connectivity index (χ2n) is 5.54. The molecule has 3 rings (SSSR count). The van der Waals surface area contributed by atoms with Crippen molar-refractivity contribution in [2.75, 3.05) is 31.1 Å². The molecule has 0 spiro atoms. The highest BCUT2D eigenvalue weighted by molar-refractivity contribution is 7.07. The number of aromatic nitrogens is 1. The summed E-state index contributed by atoms with van der Waals surface area (Å²) in [5.74, 6) is 0. The van der Waals surface area contributed by atoms with Gasteiger partial charge in [0.2, 0.25) is 0 Å². The van der Waals surface area contributed by atoms with Crippen molar-refractivity contribution < 1.29 is 13.2 Å². The molecule has 0 bridgehead atoms. The number of alkyl halides is 3. The summed E-state index contributed by atoms with van der Waals surface area (Å²) in [5, 5.41) is 1.53. The highest BCUT2D eigenvalue weighted by atomic mass is 35.5. The van der Waals surface area contributed by atoms with Gasteiger partial charge in [0, 0.05) is 42.3 Å². The summed E-state index contributed by atoms with van der Waals surface area (Å²) >= 11 is 6.57. The Balaban J connectivity index is 1.66. The van der Waals surface area contributed by atoms with E-state index in [2.05, 4.69) is 4.90 Å². The van der Waals surface area contributed by atoms with Gasteiger partial charge in [0.25, 0.3) is 0 Å². The highest BCUT2D eigenvalue weighted by Gasteiger charge is 2.36. The summed E-state index contributed by atoms with van der Waals surface area (Å²) in [6, 6.07) is 7.47. The second-order valence-corrected chi connectivity index (χ2v) is 6.80. The van der Waals surface area contributed by atoms with Crippen molar-refractivity contribution in [2.45, 2.75) is 12.8 Å². The molecule has 1 fully saturated rings. The van der Waals surface area contributed by atoms with Gasteiger partial charge >= 0.3 is 11.0 Å². The van der Waals surface area contributed by atoms with Crippen LogP contribution in [0.2, 0.25) is 5.02 Å². The average molecular weight is 378 g/mol. The minimum Gasteiger partial charge on any atom is -0.369 e. The van der Waals surface area contributed by atoms with E-state index < -0.39 is 16.7 Å². The maximum Gasteiger partial charge on any atom is 0.432 e. The number of anilines is 1. The van der Waals surface area contributed by atoms with Crippen molar-refractivity contribution in [3.05, 3.63) is 50.0 Å². The van der Waals surface area contributed by atoms with Crippen LogP contribution in [0.3, 0.4) is 0 Å². The van der Waals surface area contributed by atoms with Gasteiger partial charge in [-0.1, -0.05) is 29.0 Å². The van der Waals surface area contributed by atoms with Gasteiger partial charge in [-0.05, 0) is 18.2 Å². The zero-order valence-corrected chi connectivity index (χ0v) is 14.2. The van der Waals surface area contributed by atoms with Crippen LogP contribution < -0.4 is 9.77 Å². The van der Waals surface area contributed by atoms with E-state index in [1.165, 1.54) is 0 Å². The van der Waals surface area contributed by atoms with Gasteiger partial charge < -0.3 is 4.90 Å². The van der Waals surface area contributed by atoms with Crippen LogP contribution in [0.25, 0.3) is 0 Å². The molecule has 2 heterocycles. The summed E-state index contributed by atoms with van der Waals surface area (Å²) in [5.41, 5.74) is 0.112. The number of nitrogens with zero attached hydrogens (tertiary/aromatic N) is 3. The lowest BCUT2D eigenvalue weighted by molar-refractivity contribution is -0.144. The molecular formula is C15H15ClF3N3OS. The van der Waals surface area contributed by atoms with Crippen molar-refractivity contribution in [2.24, 2.45) is 0 Å². The van der Waals surface area contributed by atoms with E-state index in [0.717, 1.165) is 15.6 Å². The predicted octanol–water partition coefficient (Wildman–Crippen LogP) is 3.36. The molecule has 0 saturated carbocycles. The molecule has 1 aliphatic heterocycles. The third-order valence-electron chi connectivity index (χ3n) is 3.96. The fraction of sp³-hybridized carbons (Fsp3) is 0.400. The molecule has 9 heteroatoms. The van der Waals surface area contributed by atoms with Crippen LogP contribution >= 0.6 is 22.9 Å². The Morgan fingerprint density at radius 2 is 1.88 bits per heavy atom. The Bertz CT molecular complexity index is 766. The van der Waals surface area contributed by atoms with Gasteiger partial charge in [-0.25, -0.2) is 0 Å². The van der Waals surface area contributed by atoms with Crippen LogP contribution in [0, 0.1) is 0 Å². The molecule has 0 N–H and O–H groups in total. The monoisotopic (exact) mass is 377 g/mol. The zero-order valence-electron chi connectivity index (χ0n) is 12.6. The lowest BCUT2D eigenvalue weighted by atomic mass is 10.2. The standard InChI is InChI=1S/C15H15ClF3N3OS/c16-11-2-1-3-12(8-11)21-6-4-20(5-7-21)10-22-13(15(17,18)19)9-24-14(22)23/h1-3,8-9H,4-7,10H2. The van der Waals surface area contributed by atoms with Crippen LogP contribution in [0.4, 0.5) is 18.9 Å². The van der Waals surface area contributed by atoms with Gasteiger partial charge in [0.05, 0.1) is 6.67 Å². The molecule has 1 saturated heterocycles. The van der Waals surface area contributed by atoms with Gasteiger partial charge in [0.15, 0.2) is 0 Å². The van der Waals surface area contributed by atoms with E-state index in [4.69, 9.17) is 11.6 Å². The summed E-state index contributed by atoms with van der Waals surface area (Å²) in [6.45, 7) is 2.44. The van der Waals surface area contributed by atoms with Crippen molar-refractivity contribution in [1.29, 1.82) is 0 Å². The molecular weight excluding hydrogens is 363 g/mol. The summed E-state index contributed by atoms with van der Waals surface area (Å²) in [7, 11) is 0. The maximum absolute atomic E-state index is 12.9. The fourth-order valence-corrected chi connectivity index (χ4v) is 3.65. The number of rotatable bonds is 3. The number of hydrogen-bond donors (Lipinski definition) is 0. The number of thiazole rings is 1. The van der Waals surface area contributed by atoms with Crippen molar-refractivity contribution in [1.82, 2.24) is 9.47 Å². The summed E-state index contributed by atoms with van der Waals surface area (Å²) in [4.78, 5) is 15.1. The molecule has 2 aromatic rings. The minimum absolute atomic E-state index is 0.0411. The predicted molar refractivity (Wildman–Crippen MR) is 88.8 cm³/mol. The molecule has 1 aliphatic rings. The first kappa shape index (κ1) is 17.3. The molecule has 0 atom stereocenters. The maximum atomic E-state index is 12.9. The quantitative estimate of drug-likeness (QED) is 0.821. The van der Waals surface area contributed by atoms with Gasteiger partial charge in [-0.2, -0.15) is 13.2 Å². The van der Waals surface area contributed by atoms with Crippen molar-refractivity contribution >= 4 is 28.6 Å². The van der Waals surface area contributed by atoms with Gasteiger partial charge in [-0.15, -0.1) is 0 Å². The topological polar surface area (TPSA) is 28.5 Å². The van der Waals surface area contributed by atoms with Crippen LogP contribution in [-0.2, 0) is 12.8 Å². The largest absolute Gasteiger partial charge is 0.432 e. The number of piperazine rings is 1. The molecule has 1 aromatic carbocycles. The minimum atomic E-state index is -4.51. The summed E-state index contributed by atoms with van der Waals surface area (Å²) < 4.78 is 39.6. The first-order valence-corrected chi connectivity index (χ1v) is 8.59. The van der Waals surface area contributed by atoms with Gasteiger partial charge in [0.1, 0.15) is 5.69 Å². The third kappa shape index (κ3) is 3.76. The highest BCUT2D eigenvalue weighted by Crippen LogP contribution is 2.29. The molecule has 0 aliphatic carbocycles. The number of benzene rings is 1. The molecule has 0 unspecified atom stereocenters. The van der Waals surface area contributed by atoms with E-state index in [1.807, 2.05) is 23.1 Å². The van der Waals surface area contributed by atoms with E-state index >= 15 is 0 Å². The first-order valence-electron chi connectivity index (χ1n) is 7.33. The summed E-state index contributed by atoms with van der Waals surface area (Å²) in [6.07, 6.45) is -4.51. The van der Waals surface area contributed by atoms with Crippen LogP contribution in [-0.4, -0.2) is 35.6 Å². The lowest BCUT2D eigenvalue weighted by Gasteiger charge is -2.36. The van der Waals surface area contributed by atoms with E-state index in [0.29, 0.717) is 42.5 Å². The SMILES string of the molecule is O=c1scc(C(F)(F)F)n1CN1CCN(c2cccc(Cl)c2)CC1. The average Bonchev–Trinajstić information content (AvgIpc) is 2.89. The molecule has 0 amide bonds.